The van der Waals surface area contributed by atoms with E-state index in [4.69, 9.17) is 0 Å². The number of hydrogen-bond acceptors (Lipinski definition) is 2. The minimum atomic E-state index is 0.348. The van der Waals surface area contributed by atoms with Crippen LogP contribution in [-0.4, -0.2) is 11.3 Å². The molecule has 2 heteroatoms. The maximum atomic E-state index is 10.9. The molecular weight excluding hydrogens is 222 g/mol. The Hall–Kier alpha value is -1.96. The van der Waals surface area contributed by atoms with E-state index in [2.05, 4.69) is 18.0 Å². The quantitative estimate of drug-likeness (QED) is 0.750. The summed E-state index contributed by atoms with van der Waals surface area (Å²) in [4.78, 5) is 15.4. The fraction of sp³-hybridized carbons (Fsp3) is 0.250. The Morgan fingerprint density at radius 2 is 2.22 bits per heavy atom. The highest BCUT2D eigenvalue weighted by Gasteiger charge is 2.26. The van der Waals surface area contributed by atoms with E-state index in [0.717, 1.165) is 24.7 Å². The molecule has 18 heavy (non-hydrogen) atoms. The van der Waals surface area contributed by atoms with Crippen LogP contribution in [0.2, 0.25) is 0 Å². The van der Waals surface area contributed by atoms with E-state index in [0.29, 0.717) is 5.92 Å². The van der Waals surface area contributed by atoms with E-state index in [1.54, 1.807) is 0 Å². The minimum absolute atomic E-state index is 0.348. The second kappa shape index (κ2) is 4.37. The van der Waals surface area contributed by atoms with Crippen molar-refractivity contribution in [3.63, 3.8) is 0 Å². The Balaban J connectivity index is 2.09. The fourth-order valence-electron chi connectivity index (χ4n) is 2.82. The van der Waals surface area contributed by atoms with Gasteiger partial charge in [-0.1, -0.05) is 18.2 Å². The molecule has 0 amide bonds. The molecule has 0 fully saturated rings. The number of pyridine rings is 1. The molecule has 0 radical (unpaired) electrons. The zero-order valence-corrected chi connectivity index (χ0v) is 10.4. The van der Waals surface area contributed by atoms with Crippen LogP contribution in [0.3, 0.4) is 0 Å². The number of carbonyl (C=O) groups excluding carboxylic acids is 1. The van der Waals surface area contributed by atoms with Crippen molar-refractivity contribution >= 4 is 6.29 Å². The molecule has 1 atom stereocenters. The minimum Gasteiger partial charge on any atom is -0.298 e. The molecule has 3 rings (SSSR count). The molecule has 0 saturated heterocycles. The number of aldehydes is 1. The Labute approximate surface area is 107 Å². The summed E-state index contributed by atoms with van der Waals surface area (Å²) in [6.45, 7) is 2.10. The lowest BCUT2D eigenvalue weighted by Gasteiger charge is -2.14. The van der Waals surface area contributed by atoms with Crippen molar-refractivity contribution in [1.82, 2.24) is 4.98 Å². The van der Waals surface area contributed by atoms with Crippen molar-refractivity contribution in [3.8, 4) is 0 Å². The predicted molar refractivity (Wildman–Crippen MR) is 71.0 cm³/mol. The highest BCUT2D eigenvalue weighted by atomic mass is 16.1. The summed E-state index contributed by atoms with van der Waals surface area (Å²) in [7, 11) is 0. The van der Waals surface area contributed by atoms with E-state index in [-0.39, 0.29) is 0 Å². The smallest absolute Gasteiger partial charge is 0.150 e. The zero-order valence-electron chi connectivity index (χ0n) is 10.4. The molecule has 0 aliphatic heterocycles. The average Bonchev–Trinajstić information content (AvgIpc) is 2.83. The second-order valence-corrected chi connectivity index (χ2v) is 4.87. The van der Waals surface area contributed by atoms with Gasteiger partial charge in [0.1, 0.15) is 6.29 Å². The van der Waals surface area contributed by atoms with Gasteiger partial charge in [0.25, 0.3) is 0 Å². The van der Waals surface area contributed by atoms with Crippen LogP contribution in [0.5, 0.6) is 0 Å². The van der Waals surface area contributed by atoms with Crippen molar-refractivity contribution in [3.05, 3.63) is 64.5 Å². The Bertz CT molecular complexity index is 604. The summed E-state index contributed by atoms with van der Waals surface area (Å²) in [5, 5.41) is 0. The monoisotopic (exact) mass is 237 g/mol. The van der Waals surface area contributed by atoms with Crippen LogP contribution in [0.4, 0.5) is 0 Å². The second-order valence-electron chi connectivity index (χ2n) is 4.87. The van der Waals surface area contributed by atoms with Gasteiger partial charge in [-0.2, -0.15) is 0 Å². The molecule has 2 aromatic rings. The van der Waals surface area contributed by atoms with Gasteiger partial charge in [-0.15, -0.1) is 0 Å². The Morgan fingerprint density at radius 1 is 1.33 bits per heavy atom. The van der Waals surface area contributed by atoms with Gasteiger partial charge in [0.15, 0.2) is 0 Å². The number of carbonyl (C=O) groups is 1. The summed E-state index contributed by atoms with van der Waals surface area (Å²) < 4.78 is 0. The van der Waals surface area contributed by atoms with Gasteiger partial charge >= 0.3 is 0 Å². The van der Waals surface area contributed by atoms with Gasteiger partial charge in [-0.05, 0) is 48.6 Å². The van der Waals surface area contributed by atoms with Gasteiger partial charge in [-0.3, -0.25) is 9.78 Å². The number of hydrogen-bond donors (Lipinski definition) is 0. The summed E-state index contributed by atoms with van der Waals surface area (Å²) in [6.07, 6.45) is 4.95. The van der Waals surface area contributed by atoms with Crippen LogP contribution in [0.15, 0.2) is 36.5 Å². The molecule has 0 bridgehead atoms. The molecule has 1 heterocycles. The van der Waals surface area contributed by atoms with Crippen molar-refractivity contribution < 1.29 is 4.79 Å². The Kier molecular flexibility index (Phi) is 2.71. The van der Waals surface area contributed by atoms with Crippen molar-refractivity contribution in [2.75, 3.05) is 0 Å². The summed E-state index contributed by atoms with van der Waals surface area (Å²) in [5.74, 6) is 0.348. The molecule has 0 saturated carbocycles. The van der Waals surface area contributed by atoms with Crippen LogP contribution >= 0.6 is 0 Å². The first-order chi connectivity index (χ1) is 8.79. The van der Waals surface area contributed by atoms with Crippen LogP contribution in [0.1, 0.15) is 45.1 Å². The number of rotatable bonds is 2. The van der Waals surface area contributed by atoms with E-state index >= 15 is 0 Å². The van der Waals surface area contributed by atoms with Gasteiger partial charge in [0.05, 0.1) is 5.69 Å². The molecular formula is C16H15NO. The van der Waals surface area contributed by atoms with Crippen LogP contribution in [0.25, 0.3) is 0 Å². The molecule has 1 unspecified atom stereocenters. The first-order valence-electron chi connectivity index (χ1n) is 6.29. The first-order valence-corrected chi connectivity index (χ1v) is 6.29. The first kappa shape index (κ1) is 11.1. The standard InChI is InChI=1S/C16H15NO/c1-11-4-5-12(10-18)9-15(11)14-7-6-13-3-2-8-17-16(13)14/h2-5,8-10,14H,6-7H2,1H3. The topological polar surface area (TPSA) is 30.0 Å². The fourth-order valence-corrected chi connectivity index (χ4v) is 2.82. The lowest BCUT2D eigenvalue weighted by atomic mass is 9.91. The van der Waals surface area contributed by atoms with Gasteiger partial charge in [-0.25, -0.2) is 0 Å². The third-order valence-electron chi connectivity index (χ3n) is 3.77. The lowest BCUT2D eigenvalue weighted by molar-refractivity contribution is 0.112. The van der Waals surface area contributed by atoms with Gasteiger partial charge in [0, 0.05) is 17.7 Å². The van der Waals surface area contributed by atoms with E-state index in [1.807, 2.05) is 30.5 Å². The maximum Gasteiger partial charge on any atom is 0.150 e. The zero-order chi connectivity index (χ0) is 12.5. The summed E-state index contributed by atoms with van der Waals surface area (Å²) >= 11 is 0. The molecule has 1 aliphatic rings. The third-order valence-corrected chi connectivity index (χ3v) is 3.77. The average molecular weight is 237 g/mol. The Morgan fingerprint density at radius 3 is 3.06 bits per heavy atom. The van der Waals surface area contributed by atoms with Crippen LogP contribution in [0, 0.1) is 6.92 Å². The van der Waals surface area contributed by atoms with Gasteiger partial charge < -0.3 is 0 Å². The molecule has 1 aliphatic carbocycles. The van der Waals surface area contributed by atoms with Gasteiger partial charge in [0.2, 0.25) is 0 Å². The predicted octanol–water partition coefficient (Wildman–Crippen LogP) is 3.28. The largest absolute Gasteiger partial charge is 0.298 e. The normalized spacial score (nSPS) is 17.5. The van der Waals surface area contributed by atoms with Crippen molar-refractivity contribution in [2.45, 2.75) is 25.7 Å². The van der Waals surface area contributed by atoms with Crippen molar-refractivity contribution in [1.29, 1.82) is 0 Å². The molecule has 1 aromatic carbocycles. The number of fused-ring (bicyclic) bond motifs is 1. The number of aromatic nitrogens is 1. The highest BCUT2D eigenvalue weighted by molar-refractivity contribution is 5.75. The molecule has 90 valence electrons. The summed E-state index contributed by atoms with van der Waals surface area (Å²) in [5.41, 5.74) is 5.77. The maximum absolute atomic E-state index is 10.9. The number of nitrogens with zero attached hydrogens (tertiary/aromatic N) is 1. The van der Waals surface area contributed by atoms with Crippen molar-refractivity contribution in [2.24, 2.45) is 0 Å². The van der Waals surface area contributed by atoms with E-state index < -0.39 is 0 Å². The number of benzene rings is 1. The van der Waals surface area contributed by atoms with Crippen LogP contribution < -0.4 is 0 Å². The lowest BCUT2D eigenvalue weighted by Crippen LogP contribution is -2.02. The number of aryl methyl sites for hydroxylation is 2. The molecule has 1 aromatic heterocycles. The highest BCUT2D eigenvalue weighted by Crippen LogP contribution is 2.37. The summed E-state index contributed by atoms with van der Waals surface area (Å²) in [6, 6.07) is 10.1. The third kappa shape index (κ3) is 1.74. The molecule has 2 nitrogen and oxygen atoms in total. The molecule has 0 N–H and O–H groups in total. The van der Waals surface area contributed by atoms with E-state index in [1.165, 1.54) is 22.4 Å². The van der Waals surface area contributed by atoms with E-state index in [9.17, 15) is 4.79 Å². The molecule has 0 spiro atoms. The van der Waals surface area contributed by atoms with Crippen LogP contribution in [-0.2, 0) is 6.42 Å². The SMILES string of the molecule is Cc1ccc(C=O)cc1C1CCc2cccnc21.